The number of methoxy groups -OCH3 is 3. The second-order valence-corrected chi connectivity index (χ2v) is 4.06. The van der Waals surface area contributed by atoms with Crippen molar-refractivity contribution in [1.82, 2.24) is 0 Å². The molecule has 23 heavy (non-hydrogen) atoms. The van der Waals surface area contributed by atoms with Gasteiger partial charge in [0, 0.05) is 6.07 Å². The first-order valence-corrected chi connectivity index (χ1v) is 6.25. The van der Waals surface area contributed by atoms with Crippen molar-refractivity contribution in [2.75, 3.05) is 21.3 Å². The van der Waals surface area contributed by atoms with Gasteiger partial charge in [-0.25, -0.2) is 9.18 Å². The molecule has 0 saturated heterocycles. The number of carbonyl (C=O) groups is 2. The van der Waals surface area contributed by atoms with Crippen LogP contribution in [0.5, 0.6) is 5.75 Å². The molecule has 9 heteroatoms. The first kappa shape index (κ1) is 18.1. The number of benzene rings is 1. The van der Waals surface area contributed by atoms with Gasteiger partial charge in [-0.15, -0.1) is 10.2 Å². The summed E-state index contributed by atoms with van der Waals surface area (Å²) in [5, 5.41) is 16.7. The zero-order chi connectivity index (χ0) is 17.4. The van der Waals surface area contributed by atoms with Gasteiger partial charge in [0.15, 0.2) is 5.82 Å². The second kappa shape index (κ2) is 8.47. The molecule has 0 fully saturated rings. The zero-order valence-corrected chi connectivity index (χ0v) is 12.7. The van der Waals surface area contributed by atoms with Crippen molar-refractivity contribution in [2.24, 2.45) is 10.2 Å². The van der Waals surface area contributed by atoms with Crippen LogP contribution in [0.2, 0.25) is 0 Å². The SMILES string of the molecule is COC(=O)CC(O)=C(N=Nc1ccc(OC)cc1F)C(=O)OC. The largest absolute Gasteiger partial charge is 0.509 e. The lowest BCUT2D eigenvalue weighted by atomic mass is 10.3. The second-order valence-electron chi connectivity index (χ2n) is 4.06. The number of ether oxygens (including phenoxy) is 3. The Bertz CT molecular complexity index is 657. The Morgan fingerprint density at radius 3 is 2.43 bits per heavy atom. The number of esters is 2. The van der Waals surface area contributed by atoms with Crippen molar-refractivity contribution >= 4 is 17.6 Å². The van der Waals surface area contributed by atoms with Crippen LogP contribution in [0.25, 0.3) is 0 Å². The Morgan fingerprint density at radius 2 is 1.91 bits per heavy atom. The highest BCUT2D eigenvalue weighted by Gasteiger charge is 2.19. The maximum Gasteiger partial charge on any atom is 0.362 e. The minimum Gasteiger partial charge on any atom is -0.509 e. The van der Waals surface area contributed by atoms with E-state index >= 15 is 0 Å². The summed E-state index contributed by atoms with van der Waals surface area (Å²) in [4.78, 5) is 22.7. The summed E-state index contributed by atoms with van der Waals surface area (Å²) < 4.78 is 27.4. The van der Waals surface area contributed by atoms with Crippen molar-refractivity contribution in [3.63, 3.8) is 0 Å². The summed E-state index contributed by atoms with van der Waals surface area (Å²) in [6.45, 7) is 0. The van der Waals surface area contributed by atoms with E-state index < -0.39 is 35.6 Å². The molecule has 0 aromatic heterocycles. The van der Waals surface area contributed by atoms with Crippen LogP contribution in [-0.4, -0.2) is 38.4 Å². The Hall–Kier alpha value is -2.97. The Morgan fingerprint density at radius 1 is 1.22 bits per heavy atom. The van der Waals surface area contributed by atoms with Gasteiger partial charge in [0.1, 0.15) is 23.6 Å². The molecule has 0 aliphatic heterocycles. The van der Waals surface area contributed by atoms with Gasteiger partial charge in [-0.2, -0.15) is 0 Å². The molecule has 1 aromatic carbocycles. The fraction of sp³-hybridized carbons (Fsp3) is 0.286. The minimum absolute atomic E-state index is 0.196. The topological polar surface area (TPSA) is 107 Å². The van der Waals surface area contributed by atoms with Gasteiger partial charge < -0.3 is 19.3 Å². The van der Waals surface area contributed by atoms with Crippen molar-refractivity contribution in [2.45, 2.75) is 6.42 Å². The standard InChI is InChI=1S/C14H15FN2O6/c1-21-8-4-5-10(9(15)6-8)16-17-13(14(20)23-3)11(18)7-12(19)22-2/h4-6,18H,7H2,1-3H3. The predicted molar refractivity (Wildman–Crippen MR) is 75.8 cm³/mol. The summed E-state index contributed by atoms with van der Waals surface area (Å²) in [5.74, 6) is -3.01. The van der Waals surface area contributed by atoms with Gasteiger partial charge in [-0.1, -0.05) is 0 Å². The highest BCUT2D eigenvalue weighted by Crippen LogP contribution is 2.24. The molecule has 0 unspecified atom stereocenters. The number of hydrogen-bond donors (Lipinski definition) is 1. The maximum absolute atomic E-state index is 13.7. The first-order chi connectivity index (χ1) is 10.9. The average molecular weight is 326 g/mol. The van der Waals surface area contributed by atoms with E-state index in [2.05, 4.69) is 19.7 Å². The van der Waals surface area contributed by atoms with Crippen LogP contribution in [0.1, 0.15) is 6.42 Å². The predicted octanol–water partition coefficient (Wildman–Crippen LogP) is 2.42. The van der Waals surface area contributed by atoms with Gasteiger partial charge in [0.2, 0.25) is 5.70 Å². The number of rotatable bonds is 6. The third-order valence-electron chi connectivity index (χ3n) is 2.60. The minimum atomic E-state index is -1.04. The summed E-state index contributed by atoms with van der Waals surface area (Å²) in [6.07, 6.45) is -0.606. The number of nitrogens with zero attached hydrogens (tertiary/aromatic N) is 2. The molecule has 0 heterocycles. The molecule has 0 saturated carbocycles. The number of azo groups is 1. The molecule has 0 radical (unpaired) electrons. The van der Waals surface area contributed by atoms with Crippen molar-refractivity contribution in [3.05, 3.63) is 35.5 Å². The summed E-state index contributed by atoms with van der Waals surface area (Å²) >= 11 is 0. The summed E-state index contributed by atoms with van der Waals surface area (Å²) in [7, 11) is 3.54. The lowest BCUT2D eigenvalue weighted by Gasteiger charge is -2.04. The first-order valence-electron chi connectivity index (χ1n) is 6.25. The van der Waals surface area contributed by atoms with E-state index in [0.717, 1.165) is 20.3 Å². The fourth-order valence-electron chi connectivity index (χ4n) is 1.41. The van der Waals surface area contributed by atoms with E-state index in [1.807, 2.05) is 0 Å². The van der Waals surface area contributed by atoms with Crippen molar-refractivity contribution in [3.8, 4) is 5.75 Å². The van der Waals surface area contributed by atoms with Crippen LogP contribution in [0.3, 0.4) is 0 Å². The molecule has 1 N–H and O–H groups in total. The molecule has 0 atom stereocenters. The highest BCUT2D eigenvalue weighted by molar-refractivity contribution is 5.89. The van der Waals surface area contributed by atoms with Gasteiger partial charge in [0.25, 0.3) is 0 Å². The summed E-state index contributed by atoms with van der Waals surface area (Å²) in [5.41, 5.74) is -0.828. The smallest absolute Gasteiger partial charge is 0.362 e. The Balaban J connectivity index is 3.13. The Labute approximate surface area is 131 Å². The van der Waals surface area contributed by atoms with E-state index in [1.165, 1.54) is 19.2 Å². The molecule has 1 aromatic rings. The van der Waals surface area contributed by atoms with E-state index in [4.69, 9.17) is 4.74 Å². The zero-order valence-electron chi connectivity index (χ0n) is 12.7. The normalized spacial score (nSPS) is 11.8. The van der Waals surface area contributed by atoms with Crippen LogP contribution in [0.4, 0.5) is 10.1 Å². The van der Waals surface area contributed by atoms with Crippen molar-refractivity contribution < 1.29 is 33.3 Å². The van der Waals surface area contributed by atoms with E-state index in [9.17, 15) is 19.1 Å². The number of carbonyl (C=O) groups excluding carboxylic acids is 2. The molecule has 0 spiro atoms. The Kier molecular flexibility index (Phi) is 6.66. The molecule has 124 valence electrons. The number of hydrogen-bond acceptors (Lipinski definition) is 8. The third-order valence-corrected chi connectivity index (χ3v) is 2.60. The van der Waals surface area contributed by atoms with E-state index in [1.54, 1.807) is 0 Å². The monoisotopic (exact) mass is 326 g/mol. The van der Waals surface area contributed by atoms with Gasteiger partial charge in [-0.3, -0.25) is 4.79 Å². The van der Waals surface area contributed by atoms with E-state index in [0.29, 0.717) is 0 Å². The van der Waals surface area contributed by atoms with Crippen LogP contribution in [-0.2, 0) is 19.1 Å². The molecule has 1 rings (SSSR count). The van der Waals surface area contributed by atoms with Gasteiger partial charge >= 0.3 is 11.9 Å². The van der Waals surface area contributed by atoms with Gasteiger partial charge in [-0.05, 0) is 12.1 Å². The summed E-state index contributed by atoms with van der Waals surface area (Å²) in [6, 6.07) is 3.78. The molecule has 0 amide bonds. The highest BCUT2D eigenvalue weighted by atomic mass is 19.1. The molecular formula is C14H15FN2O6. The fourth-order valence-corrected chi connectivity index (χ4v) is 1.41. The average Bonchev–Trinajstić information content (AvgIpc) is 2.55. The van der Waals surface area contributed by atoms with E-state index in [-0.39, 0.29) is 11.4 Å². The van der Waals surface area contributed by atoms with Crippen LogP contribution >= 0.6 is 0 Å². The molecule has 8 nitrogen and oxygen atoms in total. The molecular weight excluding hydrogens is 311 g/mol. The molecule has 0 bridgehead atoms. The molecule has 0 aliphatic rings. The quantitative estimate of drug-likeness (QED) is 0.372. The van der Waals surface area contributed by atoms with Crippen molar-refractivity contribution in [1.29, 1.82) is 0 Å². The lowest BCUT2D eigenvalue weighted by Crippen LogP contribution is -2.09. The number of aliphatic hydroxyl groups is 1. The molecule has 0 aliphatic carbocycles. The van der Waals surface area contributed by atoms with Crippen LogP contribution in [0.15, 0.2) is 39.9 Å². The third kappa shape index (κ3) is 5.06. The van der Waals surface area contributed by atoms with Crippen LogP contribution < -0.4 is 4.74 Å². The maximum atomic E-state index is 13.7. The van der Waals surface area contributed by atoms with Crippen LogP contribution in [0, 0.1) is 5.82 Å². The number of aliphatic hydroxyl groups excluding tert-OH is 1. The van der Waals surface area contributed by atoms with Gasteiger partial charge in [0.05, 0.1) is 21.3 Å². The lowest BCUT2D eigenvalue weighted by molar-refractivity contribution is -0.140. The number of halogens is 1.